The van der Waals surface area contributed by atoms with Gasteiger partial charge in [-0.3, -0.25) is 9.59 Å². The molecule has 0 saturated carbocycles. The monoisotopic (exact) mass is 196 g/mol. The van der Waals surface area contributed by atoms with Crippen molar-refractivity contribution in [1.29, 1.82) is 0 Å². The maximum absolute atomic E-state index is 11.0. The maximum atomic E-state index is 11.0. The fraction of sp³-hybridized carbons (Fsp3) is 0.200. The summed E-state index contributed by atoms with van der Waals surface area (Å²) in [5.41, 5.74) is 1.65. The Hall–Kier alpha value is -1.15. The van der Waals surface area contributed by atoms with Crippen LogP contribution in [0.3, 0.4) is 0 Å². The van der Waals surface area contributed by atoms with Crippen LogP contribution in [0.1, 0.15) is 33.2 Å². The Morgan fingerprint density at radius 2 is 2.08 bits per heavy atom. The number of rotatable bonds is 2. The first kappa shape index (κ1) is 9.93. The molecule has 0 N–H and O–H groups in total. The van der Waals surface area contributed by atoms with Crippen molar-refractivity contribution in [3.8, 4) is 0 Å². The van der Waals surface area contributed by atoms with Gasteiger partial charge < -0.3 is 0 Å². The zero-order valence-corrected chi connectivity index (χ0v) is 8.18. The summed E-state index contributed by atoms with van der Waals surface area (Å²) in [6.45, 7) is 3.19. The van der Waals surface area contributed by atoms with E-state index in [0.29, 0.717) is 28.0 Å². The highest BCUT2D eigenvalue weighted by Gasteiger charge is 2.07. The molecule has 0 radical (unpaired) electrons. The molecule has 0 saturated heterocycles. The fourth-order valence-electron chi connectivity index (χ4n) is 1.03. The van der Waals surface area contributed by atoms with Gasteiger partial charge in [0.1, 0.15) is 6.29 Å². The third-order valence-electron chi connectivity index (χ3n) is 1.92. The van der Waals surface area contributed by atoms with Crippen LogP contribution in [0.4, 0.5) is 0 Å². The third kappa shape index (κ3) is 1.95. The van der Waals surface area contributed by atoms with E-state index in [1.54, 1.807) is 19.1 Å². The van der Waals surface area contributed by atoms with E-state index in [2.05, 4.69) is 0 Å². The van der Waals surface area contributed by atoms with Crippen LogP contribution >= 0.6 is 11.6 Å². The average Bonchev–Trinajstić information content (AvgIpc) is 2.09. The lowest BCUT2D eigenvalue weighted by atomic mass is 10.0. The summed E-state index contributed by atoms with van der Waals surface area (Å²) in [4.78, 5) is 21.6. The lowest BCUT2D eigenvalue weighted by Crippen LogP contribution is -1.96. The zero-order valence-electron chi connectivity index (χ0n) is 7.43. The van der Waals surface area contributed by atoms with Crippen molar-refractivity contribution < 1.29 is 9.59 Å². The van der Waals surface area contributed by atoms with E-state index in [4.69, 9.17) is 11.6 Å². The number of carbonyl (C=O) groups is 2. The van der Waals surface area contributed by atoms with Gasteiger partial charge in [-0.05, 0) is 31.5 Å². The smallest absolute Gasteiger partial charge is 0.159 e. The van der Waals surface area contributed by atoms with Crippen molar-refractivity contribution >= 4 is 23.7 Å². The van der Waals surface area contributed by atoms with Gasteiger partial charge in [-0.25, -0.2) is 0 Å². The highest BCUT2D eigenvalue weighted by molar-refractivity contribution is 6.32. The number of benzene rings is 1. The molecule has 0 aliphatic heterocycles. The van der Waals surface area contributed by atoms with Crippen LogP contribution < -0.4 is 0 Å². The predicted molar refractivity (Wildman–Crippen MR) is 51.6 cm³/mol. The Morgan fingerprint density at radius 1 is 1.46 bits per heavy atom. The first-order chi connectivity index (χ1) is 6.06. The summed E-state index contributed by atoms with van der Waals surface area (Å²) in [5, 5.41) is 0.454. The van der Waals surface area contributed by atoms with Gasteiger partial charge in [-0.1, -0.05) is 11.6 Å². The molecule has 0 amide bonds. The summed E-state index contributed by atoms with van der Waals surface area (Å²) in [6, 6.07) is 3.13. The second kappa shape index (κ2) is 3.71. The molecule has 13 heavy (non-hydrogen) atoms. The number of carbonyl (C=O) groups excluding carboxylic acids is 2. The van der Waals surface area contributed by atoms with Crippen molar-refractivity contribution in [3.63, 3.8) is 0 Å². The van der Waals surface area contributed by atoms with Crippen molar-refractivity contribution in [2.24, 2.45) is 0 Å². The summed E-state index contributed by atoms with van der Waals surface area (Å²) >= 11 is 5.83. The first-order valence-electron chi connectivity index (χ1n) is 3.82. The molecule has 1 aromatic carbocycles. The van der Waals surface area contributed by atoms with Crippen LogP contribution in [0.5, 0.6) is 0 Å². The fourth-order valence-corrected chi connectivity index (χ4v) is 1.25. The molecule has 0 bridgehead atoms. The maximum Gasteiger partial charge on any atom is 0.159 e. The molecule has 0 aliphatic carbocycles. The first-order valence-corrected chi connectivity index (χ1v) is 4.20. The predicted octanol–water partition coefficient (Wildman–Crippen LogP) is 2.66. The number of hydrogen-bond donors (Lipinski definition) is 0. The van der Waals surface area contributed by atoms with Gasteiger partial charge >= 0.3 is 0 Å². The van der Waals surface area contributed by atoms with Crippen LogP contribution in [-0.2, 0) is 0 Å². The molecular weight excluding hydrogens is 188 g/mol. The van der Waals surface area contributed by atoms with E-state index in [1.165, 1.54) is 6.92 Å². The highest BCUT2D eigenvalue weighted by Crippen LogP contribution is 2.20. The summed E-state index contributed by atoms with van der Waals surface area (Å²) in [6.07, 6.45) is 0.702. The van der Waals surface area contributed by atoms with Crippen LogP contribution in [0.25, 0.3) is 0 Å². The molecule has 0 fully saturated rings. The van der Waals surface area contributed by atoms with Crippen LogP contribution in [0.2, 0.25) is 5.02 Å². The molecule has 0 aliphatic rings. The second-order valence-electron chi connectivity index (χ2n) is 2.85. The topological polar surface area (TPSA) is 34.1 Å². The number of Topliss-reactive ketones (excluding diaryl/α,β-unsaturated/α-hetero) is 1. The summed E-state index contributed by atoms with van der Waals surface area (Å²) in [7, 11) is 0. The summed E-state index contributed by atoms with van der Waals surface area (Å²) < 4.78 is 0. The Bertz CT molecular complexity index is 369. The minimum absolute atomic E-state index is 0.0926. The van der Waals surface area contributed by atoms with E-state index >= 15 is 0 Å². The highest BCUT2D eigenvalue weighted by atomic mass is 35.5. The molecule has 68 valence electrons. The van der Waals surface area contributed by atoms with Gasteiger partial charge in [-0.15, -0.1) is 0 Å². The van der Waals surface area contributed by atoms with E-state index in [0.717, 1.165) is 0 Å². The van der Waals surface area contributed by atoms with Crippen LogP contribution in [-0.4, -0.2) is 12.1 Å². The number of ketones is 1. The number of aldehydes is 1. The SMILES string of the molecule is CC(=O)c1cc(Cl)c(C)c(C=O)c1. The van der Waals surface area contributed by atoms with E-state index in [9.17, 15) is 9.59 Å². The van der Waals surface area contributed by atoms with Crippen molar-refractivity contribution in [2.45, 2.75) is 13.8 Å². The Kier molecular flexibility index (Phi) is 2.83. The van der Waals surface area contributed by atoms with Crippen molar-refractivity contribution in [1.82, 2.24) is 0 Å². The Labute approximate surface area is 81.5 Å². The standard InChI is InChI=1S/C10H9ClO2/c1-6-9(5-12)3-8(7(2)13)4-10(6)11/h3-5H,1-2H3. The Morgan fingerprint density at radius 3 is 2.54 bits per heavy atom. The molecule has 0 aromatic heterocycles. The van der Waals surface area contributed by atoms with Gasteiger partial charge in [-0.2, -0.15) is 0 Å². The van der Waals surface area contributed by atoms with Gasteiger partial charge in [0, 0.05) is 16.1 Å². The molecule has 0 heterocycles. The van der Waals surface area contributed by atoms with Crippen LogP contribution in [0, 0.1) is 6.92 Å². The van der Waals surface area contributed by atoms with Crippen LogP contribution in [0.15, 0.2) is 12.1 Å². The third-order valence-corrected chi connectivity index (χ3v) is 2.31. The minimum Gasteiger partial charge on any atom is -0.298 e. The van der Waals surface area contributed by atoms with Gasteiger partial charge in [0.25, 0.3) is 0 Å². The molecule has 1 aromatic rings. The van der Waals surface area contributed by atoms with Gasteiger partial charge in [0.15, 0.2) is 5.78 Å². The Balaban J connectivity index is 3.38. The molecule has 2 nitrogen and oxygen atoms in total. The summed E-state index contributed by atoms with van der Waals surface area (Å²) in [5.74, 6) is -0.0926. The normalized spacial score (nSPS) is 9.77. The zero-order chi connectivity index (χ0) is 10.0. The molecule has 0 atom stereocenters. The molecule has 0 unspecified atom stereocenters. The quantitative estimate of drug-likeness (QED) is 0.538. The molecule has 3 heteroatoms. The largest absolute Gasteiger partial charge is 0.298 e. The molecular formula is C10H9ClO2. The average molecular weight is 197 g/mol. The molecule has 1 rings (SSSR count). The van der Waals surface area contributed by atoms with E-state index in [-0.39, 0.29) is 5.78 Å². The van der Waals surface area contributed by atoms with E-state index in [1.807, 2.05) is 0 Å². The minimum atomic E-state index is -0.0926. The lowest BCUT2D eigenvalue weighted by molar-refractivity contribution is 0.101. The van der Waals surface area contributed by atoms with E-state index < -0.39 is 0 Å². The number of halogens is 1. The van der Waals surface area contributed by atoms with Gasteiger partial charge in [0.05, 0.1) is 0 Å². The second-order valence-corrected chi connectivity index (χ2v) is 3.25. The van der Waals surface area contributed by atoms with Crippen molar-refractivity contribution in [2.75, 3.05) is 0 Å². The van der Waals surface area contributed by atoms with Crippen molar-refractivity contribution in [3.05, 3.63) is 33.8 Å². The molecule has 0 spiro atoms. The lowest BCUT2D eigenvalue weighted by Gasteiger charge is -2.03. The number of hydrogen-bond acceptors (Lipinski definition) is 2. The van der Waals surface area contributed by atoms with Gasteiger partial charge in [0.2, 0.25) is 0 Å².